The van der Waals surface area contributed by atoms with Crippen LogP contribution in [-0.2, 0) is 21.5 Å². The first kappa shape index (κ1) is 12.9. The van der Waals surface area contributed by atoms with Gasteiger partial charge in [0, 0.05) is 13.5 Å². The third-order valence-electron chi connectivity index (χ3n) is 3.77. The van der Waals surface area contributed by atoms with Crippen molar-refractivity contribution in [2.45, 2.75) is 50.7 Å². The van der Waals surface area contributed by atoms with Crippen molar-refractivity contribution in [3.05, 3.63) is 5.82 Å². The summed E-state index contributed by atoms with van der Waals surface area (Å²) in [7, 11) is 1.68. The van der Waals surface area contributed by atoms with Crippen molar-refractivity contribution in [1.82, 2.24) is 20.2 Å². The first-order chi connectivity index (χ1) is 8.41. The number of hydrogen-bond acceptors (Lipinski definition) is 5. The summed E-state index contributed by atoms with van der Waals surface area (Å²) in [5, 5.41) is 20.6. The molecule has 7 heteroatoms. The standard InChI is InChI=1S/C11H18N4O3/c1-10(2,9(16)17)15-8(12-13-14-15)7-11(18-3)5-4-6-11/h4-7H2,1-3H3,(H,16,17). The number of carboxylic acids is 1. The van der Waals surface area contributed by atoms with Gasteiger partial charge in [0.1, 0.15) is 0 Å². The van der Waals surface area contributed by atoms with Crippen molar-refractivity contribution in [3.8, 4) is 0 Å². The van der Waals surface area contributed by atoms with E-state index in [1.807, 2.05) is 0 Å². The van der Waals surface area contributed by atoms with Gasteiger partial charge in [-0.25, -0.2) is 9.48 Å². The highest BCUT2D eigenvalue weighted by Crippen LogP contribution is 2.37. The van der Waals surface area contributed by atoms with Crippen molar-refractivity contribution in [3.63, 3.8) is 0 Å². The highest BCUT2D eigenvalue weighted by atomic mass is 16.5. The molecule has 1 heterocycles. The SMILES string of the molecule is COC1(Cc2nnnn2C(C)(C)C(=O)O)CCC1. The topological polar surface area (TPSA) is 90.1 Å². The number of tetrazole rings is 1. The molecular weight excluding hydrogens is 236 g/mol. The van der Waals surface area contributed by atoms with Gasteiger partial charge in [-0.2, -0.15) is 0 Å². The monoisotopic (exact) mass is 254 g/mol. The first-order valence-electron chi connectivity index (χ1n) is 5.98. The number of ether oxygens (including phenoxy) is 1. The number of carbonyl (C=O) groups is 1. The molecule has 0 radical (unpaired) electrons. The fraction of sp³-hybridized carbons (Fsp3) is 0.818. The van der Waals surface area contributed by atoms with E-state index in [9.17, 15) is 9.90 Å². The van der Waals surface area contributed by atoms with Crippen LogP contribution >= 0.6 is 0 Å². The van der Waals surface area contributed by atoms with Crippen LogP contribution in [0.3, 0.4) is 0 Å². The van der Waals surface area contributed by atoms with Gasteiger partial charge in [0.05, 0.1) is 5.60 Å². The van der Waals surface area contributed by atoms with E-state index in [0.29, 0.717) is 12.2 Å². The highest BCUT2D eigenvalue weighted by molar-refractivity contribution is 5.75. The second-order valence-electron chi connectivity index (χ2n) is 5.29. The summed E-state index contributed by atoms with van der Waals surface area (Å²) in [6.45, 7) is 3.16. The van der Waals surface area contributed by atoms with Crippen LogP contribution in [0.25, 0.3) is 0 Å². The molecule has 0 unspecified atom stereocenters. The fourth-order valence-corrected chi connectivity index (χ4v) is 2.15. The minimum atomic E-state index is -1.16. The van der Waals surface area contributed by atoms with Gasteiger partial charge in [0.2, 0.25) is 0 Å². The molecule has 0 aromatic carbocycles. The summed E-state index contributed by atoms with van der Waals surface area (Å²) >= 11 is 0. The van der Waals surface area contributed by atoms with Gasteiger partial charge < -0.3 is 9.84 Å². The van der Waals surface area contributed by atoms with Gasteiger partial charge in [-0.05, 0) is 43.5 Å². The fourth-order valence-electron chi connectivity index (χ4n) is 2.15. The first-order valence-corrected chi connectivity index (χ1v) is 5.98. The van der Waals surface area contributed by atoms with Crippen LogP contribution in [-0.4, -0.2) is 44.0 Å². The van der Waals surface area contributed by atoms with Gasteiger partial charge >= 0.3 is 5.97 Å². The third-order valence-corrected chi connectivity index (χ3v) is 3.77. The molecule has 1 N–H and O–H groups in total. The molecule has 0 atom stereocenters. The maximum atomic E-state index is 11.2. The van der Waals surface area contributed by atoms with Crippen LogP contribution < -0.4 is 0 Å². The zero-order valence-corrected chi connectivity index (χ0v) is 10.9. The zero-order valence-electron chi connectivity index (χ0n) is 10.9. The lowest BCUT2D eigenvalue weighted by molar-refractivity contribution is -0.146. The molecule has 7 nitrogen and oxygen atoms in total. The molecule has 1 aliphatic carbocycles. The molecule has 1 aliphatic rings. The maximum Gasteiger partial charge on any atom is 0.331 e. The Bertz CT molecular complexity index is 445. The Morgan fingerprint density at radius 3 is 2.67 bits per heavy atom. The summed E-state index contributed by atoms with van der Waals surface area (Å²) in [6, 6.07) is 0. The Kier molecular flexibility index (Phi) is 3.10. The molecule has 100 valence electrons. The molecule has 1 aromatic heterocycles. The van der Waals surface area contributed by atoms with Crippen molar-refractivity contribution >= 4 is 5.97 Å². The zero-order chi connectivity index (χ0) is 13.4. The van der Waals surface area contributed by atoms with Crippen molar-refractivity contribution < 1.29 is 14.6 Å². The average Bonchev–Trinajstić information content (AvgIpc) is 2.71. The molecule has 0 bridgehead atoms. The second kappa shape index (κ2) is 4.31. The number of nitrogens with zero attached hydrogens (tertiary/aromatic N) is 4. The number of rotatable bonds is 5. The predicted molar refractivity (Wildman–Crippen MR) is 62.1 cm³/mol. The Morgan fingerprint density at radius 1 is 1.56 bits per heavy atom. The van der Waals surface area contributed by atoms with Gasteiger partial charge in [-0.15, -0.1) is 5.10 Å². The number of aromatic nitrogens is 4. The number of aliphatic carboxylic acids is 1. The number of carboxylic acid groups (broad SMARTS) is 1. The van der Waals surface area contributed by atoms with E-state index in [2.05, 4.69) is 15.5 Å². The van der Waals surface area contributed by atoms with Crippen LogP contribution in [0, 0.1) is 0 Å². The predicted octanol–water partition coefficient (Wildman–Crippen LogP) is 0.604. The van der Waals surface area contributed by atoms with Crippen molar-refractivity contribution in [1.29, 1.82) is 0 Å². The lowest BCUT2D eigenvalue weighted by Crippen LogP contribution is -2.44. The summed E-state index contributed by atoms with van der Waals surface area (Å²) in [6.07, 6.45) is 3.60. The van der Waals surface area contributed by atoms with E-state index in [1.165, 1.54) is 4.68 Å². The van der Waals surface area contributed by atoms with Gasteiger partial charge in [-0.1, -0.05) is 0 Å². The summed E-state index contributed by atoms with van der Waals surface area (Å²) in [5.74, 6) is -0.403. The second-order valence-corrected chi connectivity index (χ2v) is 5.29. The molecule has 2 rings (SSSR count). The molecule has 0 amide bonds. The van der Waals surface area contributed by atoms with Crippen LogP contribution in [0.5, 0.6) is 0 Å². The van der Waals surface area contributed by atoms with E-state index in [-0.39, 0.29) is 5.60 Å². The summed E-state index contributed by atoms with van der Waals surface area (Å²) in [4.78, 5) is 11.2. The van der Waals surface area contributed by atoms with Gasteiger partial charge in [0.15, 0.2) is 11.4 Å². The quantitative estimate of drug-likeness (QED) is 0.827. The maximum absolute atomic E-state index is 11.2. The molecule has 1 aromatic rings. The average molecular weight is 254 g/mol. The van der Waals surface area contributed by atoms with Gasteiger partial charge in [0.25, 0.3) is 0 Å². The van der Waals surface area contributed by atoms with Crippen LogP contribution in [0.1, 0.15) is 38.9 Å². The molecule has 0 spiro atoms. The Hall–Kier alpha value is -1.50. The molecule has 0 aliphatic heterocycles. The highest BCUT2D eigenvalue weighted by Gasteiger charge is 2.41. The van der Waals surface area contributed by atoms with Crippen LogP contribution in [0.15, 0.2) is 0 Å². The minimum Gasteiger partial charge on any atom is -0.479 e. The summed E-state index contributed by atoms with van der Waals surface area (Å²) < 4.78 is 6.89. The minimum absolute atomic E-state index is 0.221. The Balaban J connectivity index is 2.25. The largest absolute Gasteiger partial charge is 0.479 e. The van der Waals surface area contributed by atoms with Crippen LogP contribution in [0.2, 0.25) is 0 Å². The van der Waals surface area contributed by atoms with E-state index >= 15 is 0 Å². The smallest absolute Gasteiger partial charge is 0.331 e. The molecular formula is C11H18N4O3. The van der Waals surface area contributed by atoms with E-state index < -0.39 is 11.5 Å². The molecule has 1 fully saturated rings. The molecule has 18 heavy (non-hydrogen) atoms. The lowest BCUT2D eigenvalue weighted by atomic mass is 9.77. The van der Waals surface area contributed by atoms with E-state index in [0.717, 1.165) is 19.3 Å². The molecule has 0 saturated heterocycles. The Morgan fingerprint density at radius 2 is 2.22 bits per heavy atom. The molecule has 1 saturated carbocycles. The van der Waals surface area contributed by atoms with Gasteiger partial charge in [-0.3, -0.25) is 0 Å². The number of methoxy groups -OCH3 is 1. The van der Waals surface area contributed by atoms with Crippen molar-refractivity contribution in [2.75, 3.05) is 7.11 Å². The van der Waals surface area contributed by atoms with Crippen LogP contribution in [0.4, 0.5) is 0 Å². The van der Waals surface area contributed by atoms with E-state index in [4.69, 9.17) is 4.74 Å². The van der Waals surface area contributed by atoms with Crippen molar-refractivity contribution in [2.24, 2.45) is 0 Å². The third kappa shape index (κ3) is 1.98. The lowest BCUT2D eigenvalue weighted by Gasteiger charge is -2.40. The summed E-state index contributed by atoms with van der Waals surface area (Å²) in [5.41, 5.74) is -1.38. The van der Waals surface area contributed by atoms with E-state index in [1.54, 1.807) is 21.0 Å². The normalized spacial score (nSPS) is 18.4. The number of hydrogen-bond donors (Lipinski definition) is 1. The Labute approximate surface area is 105 Å².